The molecule has 0 N–H and O–H groups in total. The zero-order chi connectivity index (χ0) is 16.5. The molecule has 0 unspecified atom stereocenters. The standard InChI is InChI=1S/C19H17N3OS/c1-23-14-9-15(10-14)24-19-6-7-21-12-16(19)18-5-4-13(11-20)17-3-2-8-22(17)18/h2-8,12,14-15H,9-10H2,1H3. The molecule has 0 aromatic carbocycles. The number of pyridine rings is 2. The SMILES string of the molecule is COC1CC(Sc2ccncc2-c2ccc(C#N)c3cccn23)C1. The van der Waals surface area contributed by atoms with E-state index < -0.39 is 0 Å². The number of nitriles is 1. The van der Waals surface area contributed by atoms with Crippen LogP contribution in [0.25, 0.3) is 16.8 Å². The van der Waals surface area contributed by atoms with Gasteiger partial charge >= 0.3 is 0 Å². The van der Waals surface area contributed by atoms with Gasteiger partial charge < -0.3 is 9.14 Å². The van der Waals surface area contributed by atoms with E-state index in [0.717, 1.165) is 29.6 Å². The van der Waals surface area contributed by atoms with E-state index in [4.69, 9.17) is 4.74 Å². The Balaban J connectivity index is 1.73. The lowest BCUT2D eigenvalue weighted by atomic mass is 9.95. The molecule has 24 heavy (non-hydrogen) atoms. The molecule has 3 aromatic rings. The van der Waals surface area contributed by atoms with Gasteiger partial charge in [-0.1, -0.05) is 0 Å². The fraction of sp³-hybridized carbons (Fsp3) is 0.263. The highest BCUT2D eigenvalue weighted by molar-refractivity contribution is 8.00. The van der Waals surface area contributed by atoms with E-state index in [1.807, 2.05) is 54.6 Å². The van der Waals surface area contributed by atoms with Crippen LogP contribution < -0.4 is 0 Å². The molecule has 3 aromatic heterocycles. The van der Waals surface area contributed by atoms with E-state index in [9.17, 15) is 5.26 Å². The number of aromatic nitrogens is 2. The van der Waals surface area contributed by atoms with E-state index in [1.165, 1.54) is 4.90 Å². The molecule has 5 heteroatoms. The van der Waals surface area contributed by atoms with Crippen LogP contribution >= 0.6 is 11.8 Å². The molecule has 0 amide bonds. The molecule has 0 atom stereocenters. The van der Waals surface area contributed by atoms with Gasteiger partial charge in [-0.3, -0.25) is 4.98 Å². The molecular formula is C19H17N3OS. The third-order valence-corrected chi connectivity index (χ3v) is 5.88. The van der Waals surface area contributed by atoms with Gasteiger partial charge in [0.25, 0.3) is 0 Å². The predicted molar refractivity (Wildman–Crippen MR) is 95.0 cm³/mol. The zero-order valence-corrected chi connectivity index (χ0v) is 14.2. The fourth-order valence-electron chi connectivity index (χ4n) is 3.11. The first-order valence-electron chi connectivity index (χ1n) is 7.94. The van der Waals surface area contributed by atoms with Gasteiger partial charge in [0, 0.05) is 41.4 Å². The molecule has 1 saturated carbocycles. The van der Waals surface area contributed by atoms with Crippen LogP contribution in [0.15, 0.2) is 53.8 Å². The highest BCUT2D eigenvalue weighted by atomic mass is 32.2. The topological polar surface area (TPSA) is 50.3 Å². The van der Waals surface area contributed by atoms with Gasteiger partial charge in [-0.25, -0.2) is 0 Å². The smallest absolute Gasteiger partial charge is 0.101 e. The lowest BCUT2D eigenvalue weighted by molar-refractivity contribution is 0.0457. The van der Waals surface area contributed by atoms with Crippen LogP contribution in [-0.2, 0) is 4.74 Å². The summed E-state index contributed by atoms with van der Waals surface area (Å²) in [6, 6.07) is 12.2. The van der Waals surface area contributed by atoms with Crippen molar-refractivity contribution in [2.75, 3.05) is 7.11 Å². The lowest BCUT2D eigenvalue weighted by Crippen LogP contribution is -2.32. The summed E-state index contributed by atoms with van der Waals surface area (Å²) < 4.78 is 7.45. The van der Waals surface area contributed by atoms with Crippen LogP contribution in [0.4, 0.5) is 0 Å². The molecule has 1 aliphatic rings. The molecule has 0 spiro atoms. The van der Waals surface area contributed by atoms with Crippen LogP contribution in [-0.4, -0.2) is 27.8 Å². The second kappa shape index (κ2) is 6.31. The fourth-order valence-corrected chi connectivity index (χ4v) is 4.52. The van der Waals surface area contributed by atoms with Crippen LogP contribution in [0.2, 0.25) is 0 Å². The van der Waals surface area contributed by atoms with Crippen molar-refractivity contribution in [3.8, 4) is 17.3 Å². The molecule has 3 heterocycles. The quantitative estimate of drug-likeness (QED) is 0.719. The maximum atomic E-state index is 9.29. The summed E-state index contributed by atoms with van der Waals surface area (Å²) in [4.78, 5) is 5.55. The molecule has 1 fully saturated rings. The molecule has 0 radical (unpaired) electrons. The van der Waals surface area contributed by atoms with Gasteiger partial charge in [0.05, 0.1) is 22.9 Å². The maximum Gasteiger partial charge on any atom is 0.101 e. The Hall–Kier alpha value is -2.29. The van der Waals surface area contributed by atoms with Gasteiger partial charge in [0.15, 0.2) is 0 Å². The number of hydrogen-bond acceptors (Lipinski definition) is 4. The van der Waals surface area contributed by atoms with E-state index in [1.54, 1.807) is 7.11 Å². The lowest BCUT2D eigenvalue weighted by Gasteiger charge is -2.33. The largest absolute Gasteiger partial charge is 0.381 e. The number of hydrogen-bond donors (Lipinski definition) is 0. The Morgan fingerprint density at radius 3 is 2.96 bits per heavy atom. The highest BCUT2D eigenvalue weighted by Crippen LogP contribution is 2.41. The molecule has 0 bridgehead atoms. The van der Waals surface area contributed by atoms with E-state index in [0.29, 0.717) is 16.9 Å². The summed E-state index contributed by atoms with van der Waals surface area (Å²) >= 11 is 1.89. The first-order chi connectivity index (χ1) is 11.8. The zero-order valence-electron chi connectivity index (χ0n) is 13.3. The Labute approximate surface area is 145 Å². The Morgan fingerprint density at radius 2 is 2.17 bits per heavy atom. The Bertz CT molecular complexity index is 922. The average Bonchev–Trinajstić information content (AvgIpc) is 3.07. The van der Waals surface area contributed by atoms with Crippen molar-refractivity contribution in [1.82, 2.24) is 9.38 Å². The molecule has 4 rings (SSSR count). The van der Waals surface area contributed by atoms with Gasteiger partial charge in [-0.2, -0.15) is 5.26 Å². The van der Waals surface area contributed by atoms with Crippen LogP contribution in [0.3, 0.4) is 0 Å². The van der Waals surface area contributed by atoms with Crippen molar-refractivity contribution in [1.29, 1.82) is 5.26 Å². The predicted octanol–water partition coefficient (Wildman–Crippen LogP) is 4.14. The molecular weight excluding hydrogens is 318 g/mol. The molecule has 0 aliphatic heterocycles. The minimum atomic E-state index is 0.402. The van der Waals surface area contributed by atoms with Crippen molar-refractivity contribution >= 4 is 17.3 Å². The molecule has 0 saturated heterocycles. The second-order valence-corrected chi connectivity index (χ2v) is 7.29. The average molecular weight is 335 g/mol. The minimum absolute atomic E-state index is 0.402. The minimum Gasteiger partial charge on any atom is -0.381 e. The van der Waals surface area contributed by atoms with Crippen LogP contribution in [0.1, 0.15) is 18.4 Å². The molecule has 4 nitrogen and oxygen atoms in total. The summed E-state index contributed by atoms with van der Waals surface area (Å²) in [6.07, 6.45) is 8.34. The molecule has 1 aliphatic carbocycles. The van der Waals surface area contributed by atoms with Crippen LogP contribution in [0, 0.1) is 11.3 Å². The van der Waals surface area contributed by atoms with Crippen LogP contribution in [0.5, 0.6) is 0 Å². The summed E-state index contributed by atoms with van der Waals surface area (Å²) in [6.45, 7) is 0. The number of methoxy groups -OCH3 is 1. The summed E-state index contributed by atoms with van der Waals surface area (Å²) in [5.41, 5.74) is 3.78. The number of rotatable bonds is 4. The molecule has 120 valence electrons. The van der Waals surface area contributed by atoms with Crippen molar-refractivity contribution in [2.45, 2.75) is 29.1 Å². The van der Waals surface area contributed by atoms with Crippen molar-refractivity contribution < 1.29 is 4.74 Å². The third-order valence-electron chi connectivity index (χ3n) is 4.55. The Morgan fingerprint density at radius 1 is 1.29 bits per heavy atom. The van der Waals surface area contributed by atoms with Gasteiger partial charge in [0.1, 0.15) is 6.07 Å². The van der Waals surface area contributed by atoms with Crippen molar-refractivity contribution in [2.24, 2.45) is 0 Å². The summed E-state index contributed by atoms with van der Waals surface area (Å²) in [5, 5.41) is 9.88. The van der Waals surface area contributed by atoms with Gasteiger partial charge in [-0.05, 0) is 43.2 Å². The van der Waals surface area contributed by atoms with Gasteiger partial charge in [-0.15, -0.1) is 11.8 Å². The van der Waals surface area contributed by atoms with Crippen molar-refractivity contribution in [3.63, 3.8) is 0 Å². The van der Waals surface area contributed by atoms with E-state index in [-0.39, 0.29) is 0 Å². The second-order valence-electron chi connectivity index (χ2n) is 5.95. The van der Waals surface area contributed by atoms with E-state index >= 15 is 0 Å². The highest BCUT2D eigenvalue weighted by Gasteiger charge is 2.30. The number of nitrogens with zero attached hydrogens (tertiary/aromatic N) is 3. The first-order valence-corrected chi connectivity index (χ1v) is 8.82. The summed E-state index contributed by atoms with van der Waals surface area (Å²) in [5.74, 6) is 0. The van der Waals surface area contributed by atoms with E-state index in [2.05, 4.69) is 21.5 Å². The number of fused-ring (bicyclic) bond motifs is 1. The van der Waals surface area contributed by atoms with Crippen molar-refractivity contribution in [3.05, 3.63) is 54.5 Å². The maximum absolute atomic E-state index is 9.29. The normalized spacial score (nSPS) is 19.8. The Kier molecular flexibility index (Phi) is 4.01. The number of thioether (sulfide) groups is 1. The number of ether oxygens (including phenoxy) is 1. The summed E-state index contributed by atoms with van der Waals surface area (Å²) in [7, 11) is 1.78. The van der Waals surface area contributed by atoms with Gasteiger partial charge in [0.2, 0.25) is 0 Å². The monoisotopic (exact) mass is 335 g/mol. The first kappa shape index (κ1) is 15.3. The third kappa shape index (κ3) is 2.58.